The van der Waals surface area contributed by atoms with Crippen LogP contribution >= 0.6 is 11.6 Å². The molecule has 0 bridgehead atoms. The lowest BCUT2D eigenvalue weighted by Crippen LogP contribution is -2.39. The third-order valence-corrected chi connectivity index (χ3v) is 5.29. The Morgan fingerprint density at radius 2 is 1.94 bits per heavy atom. The SMILES string of the molecule is CCCOc1ccc(/C=N\NC(=O)CN(c2cccc(Cl)c2)S(C)(=O)=O)cc1OCC. The van der Waals surface area contributed by atoms with Gasteiger partial charge in [-0.3, -0.25) is 9.10 Å². The summed E-state index contributed by atoms with van der Waals surface area (Å²) in [5.74, 6) is 0.611. The van der Waals surface area contributed by atoms with Gasteiger partial charge in [-0.25, -0.2) is 13.8 Å². The first-order valence-corrected chi connectivity index (χ1v) is 11.9. The predicted octanol–water partition coefficient (Wildman–Crippen LogP) is 3.44. The van der Waals surface area contributed by atoms with Crippen LogP contribution in [-0.2, 0) is 14.8 Å². The maximum absolute atomic E-state index is 12.3. The molecule has 8 nitrogen and oxygen atoms in total. The molecule has 0 spiro atoms. The number of rotatable bonds is 11. The highest BCUT2D eigenvalue weighted by Crippen LogP contribution is 2.28. The number of hydrogen-bond acceptors (Lipinski definition) is 6. The monoisotopic (exact) mass is 467 g/mol. The first-order valence-electron chi connectivity index (χ1n) is 9.69. The van der Waals surface area contributed by atoms with Crippen molar-refractivity contribution in [2.24, 2.45) is 5.10 Å². The van der Waals surface area contributed by atoms with E-state index in [1.165, 1.54) is 12.3 Å². The van der Waals surface area contributed by atoms with Crippen molar-refractivity contribution in [3.63, 3.8) is 0 Å². The number of nitrogens with zero attached hydrogens (tertiary/aromatic N) is 2. The largest absolute Gasteiger partial charge is 0.490 e. The van der Waals surface area contributed by atoms with Gasteiger partial charge in [0.1, 0.15) is 6.54 Å². The molecule has 2 aromatic carbocycles. The number of carbonyl (C=O) groups is 1. The normalized spacial score (nSPS) is 11.4. The van der Waals surface area contributed by atoms with Crippen molar-refractivity contribution < 1.29 is 22.7 Å². The molecule has 0 saturated carbocycles. The van der Waals surface area contributed by atoms with Crippen molar-refractivity contribution in [3.05, 3.63) is 53.1 Å². The molecule has 0 aromatic heterocycles. The number of hydrogen-bond donors (Lipinski definition) is 1. The average molecular weight is 468 g/mol. The zero-order chi connectivity index (χ0) is 22.9. The number of nitrogens with one attached hydrogen (secondary N) is 1. The summed E-state index contributed by atoms with van der Waals surface area (Å²) < 4.78 is 36.4. The molecular weight excluding hydrogens is 442 g/mol. The number of hydrazone groups is 1. The maximum Gasteiger partial charge on any atom is 0.260 e. The van der Waals surface area contributed by atoms with E-state index in [1.54, 1.807) is 36.4 Å². The molecule has 0 saturated heterocycles. The van der Waals surface area contributed by atoms with Gasteiger partial charge in [0.15, 0.2) is 11.5 Å². The molecule has 1 N–H and O–H groups in total. The lowest BCUT2D eigenvalue weighted by molar-refractivity contribution is -0.119. The Kier molecular flexibility index (Phi) is 9.14. The molecule has 0 fully saturated rings. The van der Waals surface area contributed by atoms with Gasteiger partial charge in [-0.15, -0.1) is 0 Å². The number of anilines is 1. The van der Waals surface area contributed by atoms with Crippen LogP contribution < -0.4 is 19.2 Å². The van der Waals surface area contributed by atoms with Crippen LogP contribution in [0.5, 0.6) is 11.5 Å². The molecule has 2 rings (SSSR count). The minimum absolute atomic E-state index is 0.290. The lowest BCUT2D eigenvalue weighted by atomic mass is 10.2. The molecule has 0 aliphatic rings. The number of amides is 1. The van der Waals surface area contributed by atoms with Gasteiger partial charge in [0.2, 0.25) is 10.0 Å². The van der Waals surface area contributed by atoms with Crippen LogP contribution in [-0.4, -0.2) is 46.6 Å². The Morgan fingerprint density at radius 1 is 1.16 bits per heavy atom. The van der Waals surface area contributed by atoms with Crippen molar-refractivity contribution in [2.45, 2.75) is 20.3 Å². The molecule has 2 aromatic rings. The van der Waals surface area contributed by atoms with E-state index < -0.39 is 22.5 Å². The second kappa shape index (κ2) is 11.6. The predicted molar refractivity (Wildman–Crippen MR) is 123 cm³/mol. The topological polar surface area (TPSA) is 97.3 Å². The van der Waals surface area contributed by atoms with Gasteiger partial charge < -0.3 is 9.47 Å². The Bertz CT molecular complexity index is 1030. The lowest BCUT2D eigenvalue weighted by Gasteiger charge is -2.21. The van der Waals surface area contributed by atoms with Gasteiger partial charge in [0, 0.05) is 5.02 Å². The van der Waals surface area contributed by atoms with E-state index in [2.05, 4.69) is 10.5 Å². The molecule has 0 atom stereocenters. The summed E-state index contributed by atoms with van der Waals surface area (Å²) in [6.45, 7) is 4.50. The van der Waals surface area contributed by atoms with Crippen LogP contribution in [0.15, 0.2) is 47.6 Å². The second-order valence-electron chi connectivity index (χ2n) is 6.53. The Labute approximate surface area is 187 Å². The first kappa shape index (κ1) is 24.5. The summed E-state index contributed by atoms with van der Waals surface area (Å²) in [4.78, 5) is 12.3. The zero-order valence-corrected chi connectivity index (χ0v) is 19.2. The second-order valence-corrected chi connectivity index (χ2v) is 8.87. The number of benzene rings is 2. The molecular formula is C21H26ClN3O5S. The maximum atomic E-state index is 12.3. The number of ether oxygens (including phenoxy) is 2. The summed E-state index contributed by atoms with van der Waals surface area (Å²) >= 11 is 5.94. The van der Waals surface area contributed by atoms with Gasteiger partial charge in [-0.1, -0.05) is 24.6 Å². The molecule has 0 aliphatic carbocycles. The van der Waals surface area contributed by atoms with Gasteiger partial charge in [0.25, 0.3) is 5.91 Å². The van der Waals surface area contributed by atoms with Gasteiger partial charge in [-0.05, 0) is 55.3 Å². The molecule has 168 valence electrons. The Morgan fingerprint density at radius 3 is 2.58 bits per heavy atom. The summed E-state index contributed by atoms with van der Waals surface area (Å²) in [5, 5.41) is 4.27. The molecule has 1 amide bonds. The summed E-state index contributed by atoms with van der Waals surface area (Å²) in [5.41, 5.74) is 3.31. The zero-order valence-electron chi connectivity index (χ0n) is 17.7. The van der Waals surface area contributed by atoms with Crippen molar-refractivity contribution in [1.29, 1.82) is 0 Å². The quantitative estimate of drug-likeness (QED) is 0.403. The fraction of sp³-hybridized carbons (Fsp3) is 0.333. The number of sulfonamides is 1. The third kappa shape index (κ3) is 7.76. The van der Waals surface area contributed by atoms with Crippen molar-refractivity contribution in [2.75, 3.05) is 30.3 Å². The summed E-state index contributed by atoms with van der Waals surface area (Å²) in [6, 6.07) is 11.5. The standard InChI is InChI=1S/C21H26ClN3O5S/c1-4-11-30-19-10-9-16(12-20(19)29-5-2)14-23-24-21(26)15-25(31(3,27)28)18-8-6-7-17(22)13-18/h6-10,12-14H,4-5,11,15H2,1-3H3,(H,24,26)/b23-14-. The van der Waals surface area contributed by atoms with E-state index in [0.29, 0.717) is 35.3 Å². The first-order chi connectivity index (χ1) is 14.7. The van der Waals surface area contributed by atoms with Crippen LogP contribution in [0.4, 0.5) is 5.69 Å². The molecule has 0 aliphatic heterocycles. The number of halogens is 1. The van der Waals surface area contributed by atoms with E-state index >= 15 is 0 Å². The molecule has 0 heterocycles. The molecule has 31 heavy (non-hydrogen) atoms. The van der Waals surface area contributed by atoms with E-state index in [-0.39, 0.29) is 5.69 Å². The van der Waals surface area contributed by atoms with Crippen LogP contribution in [0.1, 0.15) is 25.8 Å². The van der Waals surface area contributed by atoms with Crippen molar-refractivity contribution >= 4 is 39.4 Å². The molecule has 0 radical (unpaired) electrons. The van der Waals surface area contributed by atoms with Crippen molar-refractivity contribution in [3.8, 4) is 11.5 Å². The van der Waals surface area contributed by atoms with E-state index in [0.717, 1.165) is 17.0 Å². The minimum atomic E-state index is -3.70. The summed E-state index contributed by atoms with van der Waals surface area (Å²) in [7, 11) is -3.70. The number of carbonyl (C=O) groups excluding carboxylic acids is 1. The highest BCUT2D eigenvalue weighted by atomic mass is 35.5. The van der Waals surface area contributed by atoms with Crippen LogP contribution in [0.3, 0.4) is 0 Å². The average Bonchev–Trinajstić information content (AvgIpc) is 2.71. The Balaban J connectivity index is 2.07. The fourth-order valence-electron chi connectivity index (χ4n) is 2.58. The van der Waals surface area contributed by atoms with E-state index in [9.17, 15) is 13.2 Å². The van der Waals surface area contributed by atoms with E-state index in [1.807, 2.05) is 13.8 Å². The van der Waals surface area contributed by atoms with Crippen molar-refractivity contribution in [1.82, 2.24) is 5.43 Å². The highest BCUT2D eigenvalue weighted by Gasteiger charge is 2.20. The van der Waals surface area contributed by atoms with Gasteiger partial charge in [0.05, 0.1) is 31.4 Å². The molecule has 10 heteroatoms. The van der Waals surface area contributed by atoms with Crippen LogP contribution in [0.2, 0.25) is 5.02 Å². The van der Waals surface area contributed by atoms with Gasteiger partial charge >= 0.3 is 0 Å². The van der Waals surface area contributed by atoms with E-state index in [4.69, 9.17) is 21.1 Å². The van der Waals surface area contributed by atoms with Crippen LogP contribution in [0.25, 0.3) is 0 Å². The van der Waals surface area contributed by atoms with Gasteiger partial charge in [-0.2, -0.15) is 5.10 Å². The third-order valence-electron chi connectivity index (χ3n) is 3.92. The highest BCUT2D eigenvalue weighted by molar-refractivity contribution is 7.92. The molecule has 0 unspecified atom stereocenters. The fourth-order valence-corrected chi connectivity index (χ4v) is 3.61. The summed E-state index contributed by atoms with van der Waals surface area (Å²) in [6.07, 6.45) is 3.33. The smallest absolute Gasteiger partial charge is 0.260 e. The Hall–Kier alpha value is -2.78. The van der Waals surface area contributed by atoms with Crippen LogP contribution in [0, 0.1) is 0 Å². The minimum Gasteiger partial charge on any atom is -0.490 e.